The smallest absolute Gasteiger partial charge is 0.262 e. The fraction of sp³-hybridized carbons (Fsp3) is 0.316. The first-order chi connectivity index (χ1) is 12.5. The molecule has 0 fully saturated rings. The Labute approximate surface area is 150 Å². The lowest BCUT2D eigenvalue weighted by molar-refractivity contribution is 0.0947. The third-order valence-corrected chi connectivity index (χ3v) is 4.10. The summed E-state index contributed by atoms with van der Waals surface area (Å²) in [5, 5.41) is 2.90. The fourth-order valence-electron chi connectivity index (χ4n) is 2.70. The molecule has 26 heavy (non-hydrogen) atoms. The van der Waals surface area contributed by atoms with Crippen LogP contribution in [0.2, 0.25) is 0 Å². The van der Waals surface area contributed by atoms with Gasteiger partial charge in [0.1, 0.15) is 23.5 Å². The molecular weight excluding hydrogens is 334 g/mol. The lowest BCUT2D eigenvalue weighted by Gasteiger charge is -2.09. The highest BCUT2D eigenvalue weighted by Gasteiger charge is 2.21. The third kappa shape index (κ3) is 3.61. The summed E-state index contributed by atoms with van der Waals surface area (Å²) in [4.78, 5) is 30.8. The van der Waals surface area contributed by atoms with Crippen LogP contribution in [0.4, 0.5) is 0 Å². The number of aryl methyl sites for hydroxylation is 1. The average Bonchev–Trinajstić information content (AvgIpc) is 2.96. The number of rotatable bonds is 6. The van der Waals surface area contributed by atoms with Crippen molar-refractivity contribution >= 4 is 17.0 Å². The summed E-state index contributed by atoms with van der Waals surface area (Å²) in [5.41, 5.74) is 1.19. The monoisotopic (exact) mass is 355 g/mol. The van der Waals surface area contributed by atoms with Crippen LogP contribution in [0.25, 0.3) is 11.1 Å². The molecule has 0 aliphatic carbocycles. The first kappa shape index (κ1) is 17.7. The van der Waals surface area contributed by atoms with Gasteiger partial charge in [0, 0.05) is 0 Å². The highest BCUT2D eigenvalue weighted by molar-refractivity contribution is 6.06. The van der Waals surface area contributed by atoms with Gasteiger partial charge in [-0.15, -0.1) is 0 Å². The van der Waals surface area contributed by atoms with Crippen molar-refractivity contribution < 1.29 is 13.9 Å². The van der Waals surface area contributed by atoms with Gasteiger partial charge < -0.3 is 19.5 Å². The molecule has 7 heteroatoms. The molecule has 0 aliphatic rings. The maximum Gasteiger partial charge on any atom is 0.262 e. The van der Waals surface area contributed by atoms with E-state index < -0.39 is 11.5 Å². The van der Waals surface area contributed by atoms with E-state index >= 15 is 0 Å². The van der Waals surface area contributed by atoms with E-state index in [0.29, 0.717) is 24.8 Å². The second-order valence-corrected chi connectivity index (χ2v) is 6.27. The van der Waals surface area contributed by atoms with Gasteiger partial charge in [-0.3, -0.25) is 9.59 Å². The summed E-state index contributed by atoms with van der Waals surface area (Å²) in [7, 11) is 0. The number of benzene rings is 1. The van der Waals surface area contributed by atoms with E-state index in [4.69, 9.17) is 9.15 Å². The Morgan fingerprint density at radius 2 is 2.04 bits per heavy atom. The highest BCUT2D eigenvalue weighted by atomic mass is 16.5. The van der Waals surface area contributed by atoms with Crippen molar-refractivity contribution in [3.8, 4) is 5.75 Å². The van der Waals surface area contributed by atoms with Gasteiger partial charge in [-0.2, -0.15) is 0 Å². The van der Waals surface area contributed by atoms with Crippen LogP contribution in [0.15, 0.2) is 39.8 Å². The molecule has 3 aromatic rings. The van der Waals surface area contributed by atoms with Crippen molar-refractivity contribution in [3.63, 3.8) is 0 Å². The summed E-state index contributed by atoms with van der Waals surface area (Å²) < 4.78 is 11.0. The quantitative estimate of drug-likeness (QED) is 0.663. The Balaban J connectivity index is 1.60. The molecule has 2 N–H and O–H groups in total. The molecule has 0 aliphatic heterocycles. The van der Waals surface area contributed by atoms with Crippen molar-refractivity contribution in [1.82, 2.24) is 15.3 Å². The van der Waals surface area contributed by atoms with Crippen LogP contribution in [0.1, 0.15) is 41.4 Å². The number of ether oxygens (including phenoxy) is 1. The number of H-pyrrole nitrogens is 1. The fourth-order valence-corrected chi connectivity index (χ4v) is 2.70. The molecule has 136 valence electrons. The van der Waals surface area contributed by atoms with Crippen LogP contribution in [-0.2, 0) is 0 Å². The molecule has 1 aromatic carbocycles. The van der Waals surface area contributed by atoms with E-state index in [0.717, 1.165) is 5.75 Å². The highest BCUT2D eigenvalue weighted by Crippen LogP contribution is 2.20. The molecule has 0 saturated heterocycles. The van der Waals surface area contributed by atoms with E-state index in [1.54, 1.807) is 6.92 Å². The van der Waals surface area contributed by atoms with Gasteiger partial charge in [0.25, 0.3) is 11.5 Å². The number of carbonyl (C=O) groups excluding carboxylic acids is 1. The Hall–Kier alpha value is -3.09. The van der Waals surface area contributed by atoms with E-state index in [9.17, 15) is 9.59 Å². The number of amides is 1. The van der Waals surface area contributed by atoms with Crippen molar-refractivity contribution in [2.24, 2.45) is 0 Å². The summed E-state index contributed by atoms with van der Waals surface area (Å²) in [6.07, 6.45) is 1.24. The maximum absolute atomic E-state index is 12.4. The number of nitrogens with one attached hydrogen (secondary N) is 2. The van der Waals surface area contributed by atoms with Crippen LogP contribution < -0.4 is 15.6 Å². The number of hydrogen-bond donors (Lipinski definition) is 2. The minimum absolute atomic E-state index is 0.151. The van der Waals surface area contributed by atoms with Crippen molar-refractivity contribution in [1.29, 1.82) is 0 Å². The Morgan fingerprint density at radius 3 is 2.73 bits per heavy atom. The average molecular weight is 355 g/mol. The van der Waals surface area contributed by atoms with Crippen LogP contribution >= 0.6 is 0 Å². The van der Waals surface area contributed by atoms with Crippen molar-refractivity contribution in [3.05, 3.63) is 57.8 Å². The van der Waals surface area contributed by atoms with Crippen LogP contribution in [-0.4, -0.2) is 29.0 Å². The van der Waals surface area contributed by atoms with Crippen molar-refractivity contribution in [2.45, 2.75) is 26.7 Å². The normalized spacial score (nSPS) is 11.1. The van der Waals surface area contributed by atoms with Gasteiger partial charge in [-0.1, -0.05) is 26.0 Å². The summed E-state index contributed by atoms with van der Waals surface area (Å²) in [5.74, 6) is 1.17. The first-order valence-corrected chi connectivity index (χ1v) is 8.45. The molecule has 7 nitrogen and oxygen atoms in total. The first-order valence-electron chi connectivity index (χ1n) is 8.45. The zero-order valence-corrected chi connectivity index (χ0v) is 15.0. The van der Waals surface area contributed by atoms with Gasteiger partial charge >= 0.3 is 0 Å². The third-order valence-electron chi connectivity index (χ3n) is 4.10. The molecule has 0 atom stereocenters. The number of aromatic amines is 1. The SMILES string of the molecule is Cc1oc2nc[nH]c(=O)c2c1C(=O)NCCOc1ccc(C(C)C)cc1. The molecule has 0 radical (unpaired) electrons. The molecule has 0 unspecified atom stereocenters. The van der Waals surface area contributed by atoms with Gasteiger partial charge in [0.15, 0.2) is 0 Å². The lowest BCUT2D eigenvalue weighted by Crippen LogP contribution is -2.29. The van der Waals surface area contributed by atoms with Crippen LogP contribution in [0.5, 0.6) is 5.75 Å². The minimum Gasteiger partial charge on any atom is -0.492 e. The standard InChI is InChI=1S/C19H21N3O4/c1-11(2)13-4-6-14(7-5-13)25-9-8-20-17(23)15-12(3)26-19-16(15)18(24)21-10-22-19/h4-7,10-11H,8-9H2,1-3H3,(H,20,23)(H,21,22,24). The molecule has 0 spiro atoms. The van der Waals surface area contributed by atoms with E-state index in [-0.39, 0.29) is 16.7 Å². The summed E-state index contributed by atoms with van der Waals surface area (Å²) >= 11 is 0. The van der Waals surface area contributed by atoms with E-state index in [1.807, 2.05) is 24.3 Å². The number of hydrogen-bond acceptors (Lipinski definition) is 5. The number of aromatic nitrogens is 2. The van der Waals surface area contributed by atoms with Gasteiger partial charge in [-0.25, -0.2) is 4.98 Å². The largest absolute Gasteiger partial charge is 0.492 e. The summed E-state index contributed by atoms with van der Waals surface area (Å²) in [6.45, 7) is 6.51. The molecule has 3 rings (SSSR count). The second kappa shape index (κ2) is 7.43. The topological polar surface area (TPSA) is 97.2 Å². The Bertz CT molecular complexity index is 971. The Morgan fingerprint density at radius 1 is 1.31 bits per heavy atom. The predicted molar refractivity (Wildman–Crippen MR) is 97.7 cm³/mol. The molecule has 1 amide bonds. The number of carbonyl (C=O) groups is 1. The minimum atomic E-state index is -0.404. The number of fused-ring (bicyclic) bond motifs is 1. The van der Waals surface area contributed by atoms with Crippen molar-refractivity contribution in [2.75, 3.05) is 13.2 Å². The predicted octanol–water partition coefficient (Wildman–Crippen LogP) is 2.76. The van der Waals surface area contributed by atoms with Gasteiger partial charge in [0.05, 0.1) is 18.4 Å². The zero-order chi connectivity index (χ0) is 18.7. The van der Waals surface area contributed by atoms with Gasteiger partial charge in [0.2, 0.25) is 5.71 Å². The second-order valence-electron chi connectivity index (χ2n) is 6.27. The Kier molecular flexibility index (Phi) is 5.06. The van der Waals surface area contributed by atoms with Crippen LogP contribution in [0.3, 0.4) is 0 Å². The van der Waals surface area contributed by atoms with Crippen LogP contribution in [0, 0.1) is 6.92 Å². The number of furan rings is 1. The molecule has 0 bridgehead atoms. The summed E-state index contributed by atoms with van der Waals surface area (Å²) in [6, 6.07) is 7.88. The van der Waals surface area contributed by atoms with E-state index in [2.05, 4.69) is 29.1 Å². The molecule has 2 aromatic heterocycles. The zero-order valence-electron chi connectivity index (χ0n) is 15.0. The molecule has 2 heterocycles. The maximum atomic E-state index is 12.4. The number of nitrogens with zero attached hydrogens (tertiary/aromatic N) is 1. The lowest BCUT2D eigenvalue weighted by atomic mass is 10.0. The molecule has 0 saturated carbocycles. The van der Waals surface area contributed by atoms with Gasteiger partial charge in [-0.05, 0) is 30.5 Å². The van der Waals surface area contributed by atoms with E-state index in [1.165, 1.54) is 11.9 Å². The molecular formula is C19H21N3O4.